The van der Waals surface area contributed by atoms with Crippen molar-refractivity contribution in [2.45, 2.75) is 13.3 Å². The smallest absolute Gasteiger partial charge is 0.168 e. The molecule has 2 N–H and O–H groups in total. The standard InChI is InChI=1S/C9H10O3/c1-2-6-3-7(5-10)9(12)8(11)4-6/h3-5,11-12H,2H2,1H3. The highest BCUT2D eigenvalue weighted by molar-refractivity contribution is 5.81. The molecule has 0 aromatic heterocycles. The number of aryl methyl sites for hydroxylation is 1. The third-order valence-electron chi connectivity index (χ3n) is 1.71. The number of hydrogen-bond acceptors (Lipinski definition) is 3. The first-order chi connectivity index (χ1) is 5.69. The third-order valence-corrected chi connectivity index (χ3v) is 1.71. The lowest BCUT2D eigenvalue weighted by Gasteiger charge is -2.03. The quantitative estimate of drug-likeness (QED) is 0.516. The van der Waals surface area contributed by atoms with Gasteiger partial charge in [-0.25, -0.2) is 0 Å². The highest BCUT2D eigenvalue weighted by Gasteiger charge is 2.06. The first-order valence-electron chi connectivity index (χ1n) is 3.69. The Balaban J connectivity index is 3.28. The van der Waals surface area contributed by atoms with Crippen molar-refractivity contribution in [1.82, 2.24) is 0 Å². The van der Waals surface area contributed by atoms with Crippen molar-refractivity contribution in [2.75, 3.05) is 0 Å². The Bertz CT molecular complexity index is 305. The number of hydrogen-bond donors (Lipinski definition) is 2. The summed E-state index contributed by atoms with van der Waals surface area (Å²) < 4.78 is 0. The molecule has 1 aromatic carbocycles. The van der Waals surface area contributed by atoms with Crippen LogP contribution in [0.15, 0.2) is 12.1 Å². The van der Waals surface area contributed by atoms with E-state index < -0.39 is 0 Å². The van der Waals surface area contributed by atoms with Gasteiger partial charge >= 0.3 is 0 Å². The maximum atomic E-state index is 10.4. The molecule has 0 amide bonds. The van der Waals surface area contributed by atoms with Gasteiger partial charge in [0, 0.05) is 0 Å². The first kappa shape index (κ1) is 8.59. The number of phenolic OH excluding ortho intramolecular Hbond substituents is 2. The zero-order chi connectivity index (χ0) is 9.14. The van der Waals surface area contributed by atoms with Crippen LogP contribution in [-0.2, 0) is 6.42 Å². The average Bonchev–Trinajstić information content (AvgIpc) is 2.09. The zero-order valence-electron chi connectivity index (χ0n) is 6.74. The molecular formula is C9H10O3. The van der Waals surface area contributed by atoms with Crippen LogP contribution in [0.25, 0.3) is 0 Å². The number of aldehydes is 1. The van der Waals surface area contributed by atoms with Gasteiger partial charge in [-0.1, -0.05) is 6.92 Å². The van der Waals surface area contributed by atoms with E-state index in [1.807, 2.05) is 6.92 Å². The summed E-state index contributed by atoms with van der Waals surface area (Å²) in [5.41, 5.74) is 0.958. The van der Waals surface area contributed by atoms with E-state index in [4.69, 9.17) is 10.2 Å². The zero-order valence-corrected chi connectivity index (χ0v) is 6.74. The summed E-state index contributed by atoms with van der Waals surface area (Å²) >= 11 is 0. The van der Waals surface area contributed by atoms with Gasteiger partial charge in [-0.15, -0.1) is 0 Å². The first-order valence-corrected chi connectivity index (χ1v) is 3.69. The van der Waals surface area contributed by atoms with E-state index in [9.17, 15) is 4.79 Å². The Morgan fingerprint density at radius 1 is 1.42 bits per heavy atom. The molecule has 0 heterocycles. The molecule has 0 unspecified atom stereocenters. The fourth-order valence-corrected chi connectivity index (χ4v) is 0.996. The molecule has 1 aromatic rings. The van der Waals surface area contributed by atoms with Gasteiger partial charge in [-0.3, -0.25) is 4.79 Å². The molecule has 0 aliphatic heterocycles. The highest BCUT2D eigenvalue weighted by atomic mass is 16.3. The molecule has 0 radical (unpaired) electrons. The second kappa shape index (κ2) is 3.26. The number of aromatic hydroxyl groups is 2. The minimum Gasteiger partial charge on any atom is -0.504 e. The van der Waals surface area contributed by atoms with Gasteiger partial charge in [0.25, 0.3) is 0 Å². The minimum atomic E-state index is -0.345. The van der Waals surface area contributed by atoms with Crippen LogP contribution in [0.5, 0.6) is 11.5 Å². The van der Waals surface area contributed by atoms with Crippen molar-refractivity contribution in [3.63, 3.8) is 0 Å². The summed E-state index contributed by atoms with van der Waals surface area (Å²) in [5.74, 6) is -0.585. The van der Waals surface area contributed by atoms with E-state index in [0.29, 0.717) is 12.7 Å². The Hall–Kier alpha value is -1.51. The monoisotopic (exact) mass is 166 g/mol. The minimum absolute atomic E-state index is 0.131. The molecule has 0 saturated carbocycles. The SMILES string of the molecule is CCc1cc(O)c(O)c(C=O)c1. The average molecular weight is 166 g/mol. The van der Waals surface area contributed by atoms with Crippen LogP contribution in [0, 0.1) is 0 Å². The molecule has 12 heavy (non-hydrogen) atoms. The Kier molecular flexibility index (Phi) is 2.33. The van der Waals surface area contributed by atoms with Crippen molar-refractivity contribution in [3.05, 3.63) is 23.3 Å². The number of rotatable bonds is 2. The van der Waals surface area contributed by atoms with Gasteiger partial charge in [0.2, 0.25) is 0 Å². The lowest BCUT2D eigenvalue weighted by Crippen LogP contribution is -1.86. The second-order valence-corrected chi connectivity index (χ2v) is 2.52. The number of benzene rings is 1. The van der Waals surface area contributed by atoms with E-state index in [2.05, 4.69) is 0 Å². The summed E-state index contributed by atoms with van der Waals surface area (Å²) in [7, 11) is 0. The molecule has 3 heteroatoms. The summed E-state index contributed by atoms with van der Waals surface area (Å²) in [6.07, 6.45) is 1.24. The van der Waals surface area contributed by atoms with Gasteiger partial charge in [-0.2, -0.15) is 0 Å². The topological polar surface area (TPSA) is 57.5 Å². The Labute approximate surface area is 70.3 Å². The maximum absolute atomic E-state index is 10.4. The molecule has 0 aliphatic rings. The molecule has 0 bridgehead atoms. The third kappa shape index (κ3) is 1.39. The van der Waals surface area contributed by atoms with Crippen LogP contribution in [0.1, 0.15) is 22.8 Å². The van der Waals surface area contributed by atoms with Crippen LogP contribution in [-0.4, -0.2) is 16.5 Å². The van der Waals surface area contributed by atoms with Crippen molar-refractivity contribution in [2.24, 2.45) is 0 Å². The number of carbonyl (C=O) groups excluding carboxylic acids is 1. The van der Waals surface area contributed by atoms with Gasteiger partial charge in [0.1, 0.15) is 0 Å². The van der Waals surface area contributed by atoms with Gasteiger partial charge in [0.15, 0.2) is 17.8 Å². The Morgan fingerprint density at radius 2 is 2.08 bits per heavy atom. The summed E-state index contributed by atoms with van der Waals surface area (Å²) in [4.78, 5) is 10.4. The normalized spacial score (nSPS) is 9.75. The van der Waals surface area contributed by atoms with Crippen LogP contribution in [0.3, 0.4) is 0 Å². The van der Waals surface area contributed by atoms with E-state index in [1.165, 1.54) is 6.07 Å². The number of phenols is 2. The van der Waals surface area contributed by atoms with Gasteiger partial charge in [0.05, 0.1) is 5.56 Å². The molecule has 0 spiro atoms. The molecule has 0 atom stereocenters. The molecule has 3 nitrogen and oxygen atoms in total. The largest absolute Gasteiger partial charge is 0.504 e. The molecule has 1 rings (SSSR count). The van der Waals surface area contributed by atoms with Crippen molar-refractivity contribution in [3.8, 4) is 11.5 Å². The van der Waals surface area contributed by atoms with Gasteiger partial charge < -0.3 is 10.2 Å². The van der Waals surface area contributed by atoms with E-state index in [-0.39, 0.29) is 17.1 Å². The van der Waals surface area contributed by atoms with Crippen LogP contribution in [0.4, 0.5) is 0 Å². The number of carbonyl (C=O) groups is 1. The van der Waals surface area contributed by atoms with Crippen molar-refractivity contribution in [1.29, 1.82) is 0 Å². The van der Waals surface area contributed by atoms with Crippen molar-refractivity contribution < 1.29 is 15.0 Å². The van der Waals surface area contributed by atoms with E-state index >= 15 is 0 Å². The molecule has 64 valence electrons. The predicted octanol–water partition coefficient (Wildman–Crippen LogP) is 1.47. The Morgan fingerprint density at radius 3 is 2.58 bits per heavy atom. The van der Waals surface area contributed by atoms with Crippen LogP contribution in [0.2, 0.25) is 0 Å². The molecule has 0 aliphatic carbocycles. The molecular weight excluding hydrogens is 156 g/mol. The fourth-order valence-electron chi connectivity index (χ4n) is 0.996. The lowest BCUT2D eigenvalue weighted by molar-refractivity contribution is 0.112. The van der Waals surface area contributed by atoms with E-state index in [0.717, 1.165) is 5.56 Å². The summed E-state index contributed by atoms with van der Waals surface area (Å²) in [5, 5.41) is 18.3. The summed E-state index contributed by atoms with van der Waals surface area (Å²) in [6.45, 7) is 1.90. The lowest BCUT2D eigenvalue weighted by atomic mass is 10.1. The maximum Gasteiger partial charge on any atom is 0.168 e. The highest BCUT2D eigenvalue weighted by Crippen LogP contribution is 2.29. The van der Waals surface area contributed by atoms with Crippen molar-refractivity contribution >= 4 is 6.29 Å². The van der Waals surface area contributed by atoms with Crippen LogP contribution >= 0.6 is 0 Å². The van der Waals surface area contributed by atoms with Crippen LogP contribution < -0.4 is 0 Å². The second-order valence-electron chi connectivity index (χ2n) is 2.52. The molecule has 0 fully saturated rings. The fraction of sp³-hybridized carbons (Fsp3) is 0.222. The molecule has 0 saturated heterocycles. The predicted molar refractivity (Wildman–Crippen MR) is 44.5 cm³/mol. The van der Waals surface area contributed by atoms with E-state index in [1.54, 1.807) is 6.07 Å². The van der Waals surface area contributed by atoms with Gasteiger partial charge in [-0.05, 0) is 24.1 Å². The summed E-state index contributed by atoms with van der Waals surface area (Å²) in [6, 6.07) is 3.00.